The molecule has 0 aromatic heterocycles. The lowest BCUT2D eigenvalue weighted by molar-refractivity contribution is -0.124. The molecule has 1 fully saturated rings. The van der Waals surface area contributed by atoms with Crippen molar-refractivity contribution in [3.05, 3.63) is 65.7 Å². The quantitative estimate of drug-likeness (QED) is 0.638. The van der Waals surface area contributed by atoms with Gasteiger partial charge in [0.25, 0.3) is 5.91 Å². The fraction of sp³-hybridized carbons (Fsp3) is 0.250. The van der Waals surface area contributed by atoms with Crippen LogP contribution in [0.25, 0.3) is 0 Å². The van der Waals surface area contributed by atoms with Crippen molar-refractivity contribution in [1.82, 2.24) is 10.2 Å². The van der Waals surface area contributed by atoms with Crippen LogP contribution in [-0.4, -0.2) is 35.4 Å². The highest BCUT2D eigenvalue weighted by Crippen LogP contribution is 2.19. The molecular weight excluding hydrogens is 346 g/mol. The van der Waals surface area contributed by atoms with Crippen molar-refractivity contribution < 1.29 is 19.1 Å². The zero-order valence-corrected chi connectivity index (χ0v) is 14.8. The van der Waals surface area contributed by atoms with Crippen LogP contribution in [0.1, 0.15) is 28.8 Å². The average molecular weight is 367 g/mol. The minimum Gasteiger partial charge on any atom is -0.445 e. The SMILES string of the molecule is Nc1ccc(C(=O)NC(=O)C2CCCN2C(=O)OCc2ccccc2)cc1. The first-order valence-corrected chi connectivity index (χ1v) is 8.72. The zero-order chi connectivity index (χ0) is 19.2. The lowest BCUT2D eigenvalue weighted by atomic mass is 10.1. The summed E-state index contributed by atoms with van der Waals surface area (Å²) in [4.78, 5) is 38.4. The van der Waals surface area contributed by atoms with Crippen LogP contribution in [0.3, 0.4) is 0 Å². The number of hydrogen-bond donors (Lipinski definition) is 2. The van der Waals surface area contributed by atoms with E-state index in [1.807, 2.05) is 30.3 Å². The van der Waals surface area contributed by atoms with Crippen LogP contribution in [-0.2, 0) is 16.1 Å². The molecule has 3 N–H and O–H groups in total. The number of amides is 3. The molecule has 7 nitrogen and oxygen atoms in total. The van der Waals surface area contributed by atoms with E-state index in [4.69, 9.17) is 10.5 Å². The van der Waals surface area contributed by atoms with Gasteiger partial charge in [0.1, 0.15) is 12.6 Å². The van der Waals surface area contributed by atoms with Gasteiger partial charge in [-0.15, -0.1) is 0 Å². The van der Waals surface area contributed by atoms with Crippen LogP contribution in [0.2, 0.25) is 0 Å². The van der Waals surface area contributed by atoms with E-state index in [0.29, 0.717) is 30.6 Å². The number of nitrogens with one attached hydrogen (secondary N) is 1. The Labute approximate surface area is 157 Å². The van der Waals surface area contributed by atoms with Crippen LogP contribution in [0.5, 0.6) is 0 Å². The van der Waals surface area contributed by atoms with E-state index in [9.17, 15) is 14.4 Å². The number of ether oxygens (including phenoxy) is 1. The number of carbonyl (C=O) groups is 3. The van der Waals surface area contributed by atoms with Crippen LogP contribution in [0, 0.1) is 0 Å². The van der Waals surface area contributed by atoms with Crippen molar-refractivity contribution in [1.29, 1.82) is 0 Å². The molecule has 27 heavy (non-hydrogen) atoms. The summed E-state index contributed by atoms with van der Waals surface area (Å²) in [6, 6.07) is 14.8. The normalized spacial score (nSPS) is 16.0. The fourth-order valence-electron chi connectivity index (χ4n) is 2.96. The molecule has 2 aromatic carbocycles. The predicted octanol–water partition coefficient (Wildman–Crippen LogP) is 2.33. The Morgan fingerprint density at radius 2 is 1.78 bits per heavy atom. The van der Waals surface area contributed by atoms with Gasteiger partial charge in [-0.1, -0.05) is 30.3 Å². The Hall–Kier alpha value is -3.35. The van der Waals surface area contributed by atoms with Gasteiger partial charge in [-0.3, -0.25) is 19.8 Å². The van der Waals surface area contributed by atoms with Crippen molar-refractivity contribution in [3.63, 3.8) is 0 Å². The van der Waals surface area contributed by atoms with E-state index in [1.54, 1.807) is 24.3 Å². The number of benzene rings is 2. The molecule has 0 bridgehead atoms. The van der Waals surface area contributed by atoms with Crippen LogP contribution >= 0.6 is 0 Å². The minimum atomic E-state index is -0.717. The molecule has 2 aromatic rings. The van der Waals surface area contributed by atoms with E-state index < -0.39 is 23.9 Å². The van der Waals surface area contributed by atoms with E-state index in [0.717, 1.165) is 5.56 Å². The van der Waals surface area contributed by atoms with Gasteiger partial charge in [0.2, 0.25) is 5.91 Å². The van der Waals surface area contributed by atoms with Gasteiger partial charge in [-0.2, -0.15) is 0 Å². The molecule has 3 rings (SSSR count). The van der Waals surface area contributed by atoms with Crippen molar-refractivity contribution in [2.75, 3.05) is 12.3 Å². The Morgan fingerprint density at radius 3 is 2.48 bits per heavy atom. The fourth-order valence-corrected chi connectivity index (χ4v) is 2.96. The molecule has 0 radical (unpaired) electrons. The number of hydrogen-bond acceptors (Lipinski definition) is 5. The highest BCUT2D eigenvalue weighted by atomic mass is 16.6. The summed E-state index contributed by atoms with van der Waals surface area (Å²) in [6.45, 7) is 0.552. The largest absolute Gasteiger partial charge is 0.445 e. The number of likely N-dealkylation sites (tertiary alicyclic amines) is 1. The summed E-state index contributed by atoms with van der Waals surface area (Å²) >= 11 is 0. The Balaban J connectivity index is 1.57. The summed E-state index contributed by atoms with van der Waals surface area (Å²) < 4.78 is 5.30. The molecule has 0 aliphatic carbocycles. The molecule has 1 aliphatic rings. The molecule has 3 amide bonds. The molecule has 1 saturated heterocycles. The van der Waals surface area contributed by atoms with Crippen molar-refractivity contribution in [2.45, 2.75) is 25.5 Å². The zero-order valence-electron chi connectivity index (χ0n) is 14.8. The highest BCUT2D eigenvalue weighted by molar-refractivity contribution is 6.06. The van der Waals surface area contributed by atoms with E-state index in [-0.39, 0.29) is 6.61 Å². The summed E-state index contributed by atoms with van der Waals surface area (Å²) in [6.07, 6.45) is 0.604. The van der Waals surface area contributed by atoms with Gasteiger partial charge in [0, 0.05) is 17.8 Å². The second-order valence-corrected chi connectivity index (χ2v) is 6.33. The average Bonchev–Trinajstić information content (AvgIpc) is 3.17. The summed E-state index contributed by atoms with van der Waals surface area (Å²) in [7, 11) is 0. The Morgan fingerprint density at radius 1 is 1.07 bits per heavy atom. The summed E-state index contributed by atoms with van der Waals surface area (Å²) in [5.41, 5.74) is 7.31. The molecule has 140 valence electrons. The van der Waals surface area contributed by atoms with E-state index in [1.165, 1.54) is 4.90 Å². The van der Waals surface area contributed by atoms with Gasteiger partial charge < -0.3 is 10.5 Å². The third-order valence-electron chi connectivity index (χ3n) is 4.40. The van der Waals surface area contributed by atoms with Gasteiger partial charge in [-0.25, -0.2) is 4.79 Å². The maximum atomic E-state index is 12.5. The second kappa shape index (κ2) is 8.35. The molecule has 0 spiro atoms. The van der Waals surface area contributed by atoms with E-state index >= 15 is 0 Å². The minimum absolute atomic E-state index is 0.134. The van der Waals surface area contributed by atoms with Crippen molar-refractivity contribution in [2.24, 2.45) is 0 Å². The van der Waals surface area contributed by atoms with Gasteiger partial charge in [0.15, 0.2) is 0 Å². The topological polar surface area (TPSA) is 102 Å². The Kier molecular flexibility index (Phi) is 5.71. The lowest BCUT2D eigenvalue weighted by Gasteiger charge is -2.23. The smallest absolute Gasteiger partial charge is 0.410 e. The van der Waals surface area contributed by atoms with Gasteiger partial charge in [-0.05, 0) is 42.7 Å². The molecule has 1 heterocycles. The standard InChI is InChI=1S/C20H21N3O4/c21-16-10-8-15(9-11-16)18(24)22-19(25)17-7-4-12-23(17)20(26)27-13-14-5-2-1-3-6-14/h1-3,5-6,8-11,17H,4,7,12-13,21H2,(H,22,24,25). The molecule has 7 heteroatoms. The maximum absolute atomic E-state index is 12.5. The van der Waals surface area contributed by atoms with E-state index in [2.05, 4.69) is 5.32 Å². The number of carbonyl (C=O) groups excluding carboxylic acids is 3. The molecule has 1 unspecified atom stereocenters. The third kappa shape index (κ3) is 4.63. The molecular formula is C20H21N3O4. The van der Waals surface area contributed by atoms with Gasteiger partial charge in [0.05, 0.1) is 0 Å². The molecule has 1 aliphatic heterocycles. The van der Waals surface area contributed by atoms with Crippen LogP contribution < -0.4 is 11.1 Å². The first-order chi connectivity index (χ1) is 13.0. The molecule has 0 saturated carbocycles. The number of nitrogens with zero attached hydrogens (tertiary/aromatic N) is 1. The monoisotopic (exact) mass is 367 g/mol. The number of imide groups is 1. The maximum Gasteiger partial charge on any atom is 0.410 e. The number of nitrogens with two attached hydrogens (primary N) is 1. The summed E-state index contributed by atoms with van der Waals surface area (Å²) in [5, 5.41) is 2.35. The third-order valence-corrected chi connectivity index (χ3v) is 4.40. The van der Waals surface area contributed by atoms with Gasteiger partial charge >= 0.3 is 6.09 Å². The number of nitrogen functional groups attached to an aromatic ring is 1. The molecule has 1 atom stereocenters. The van der Waals surface area contributed by atoms with Crippen LogP contribution in [0.4, 0.5) is 10.5 Å². The second-order valence-electron chi connectivity index (χ2n) is 6.33. The number of anilines is 1. The number of rotatable bonds is 4. The first-order valence-electron chi connectivity index (χ1n) is 8.72. The van der Waals surface area contributed by atoms with Crippen molar-refractivity contribution in [3.8, 4) is 0 Å². The van der Waals surface area contributed by atoms with Crippen LogP contribution in [0.15, 0.2) is 54.6 Å². The highest BCUT2D eigenvalue weighted by Gasteiger charge is 2.35. The first kappa shape index (κ1) is 18.4. The predicted molar refractivity (Wildman–Crippen MR) is 99.7 cm³/mol. The summed E-state index contributed by atoms with van der Waals surface area (Å²) in [5.74, 6) is -1.03. The Bertz CT molecular complexity index is 821. The lowest BCUT2D eigenvalue weighted by Crippen LogP contribution is -2.47. The van der Waals surface area contributed by atoms with Crippen molar-refractivity contribution >= 4 is 23.6 Å².